The van der Waals surface area contributed by atoms with Gasteiger partial charge in [-0.05, 0) is 48.8 Å². The molecule has 2 rings (SSSR count). The molecule has 0 atom stereocenters. The predicted octanol–water partition coefficient (Wildman–Crippen LogP) is 3.40. The number of anilines is 1. The summed E-state index contributed by atoms with van der Waals surface area (Å²) in [5, 5.41) is 15.7. The Morgan fingerprint density at radius 2 is 1.86 bits per heavy atom. The van der Waals surface area contributed by atoms with Crippen LogP contribution in [0.3, 0.4) is 0 Å². The lowest BCUT2D eigenvalue weighted by Gasteiger charge is -2.24. The van der Waals surface area contributed by atoms with Gasteiger partial charge in [-0.15, -0.1) is 0 Å². The van der Waals surface area contributed by atoms with Gasteiger partial charge < -0.3 is 15.7 Å². The van der Waals surface area contributed by atoms with Crippen LogP contribution >= 0.6 is 12.2 Å². The highest BCUT2D eigenvalue weighted by atomic mass is 32.1. The molecular formula is C16H20N2O2S. The van der Waals surface area contributed by atoms with Crippen LogP contribution in [0.15, 0.2) is 30.3 Å². The van der Waals surface area contributed by atoms with Crippen molar-refractivity contribution in [3.63, 3.8) is 0 Å². The number of carboxylic acid groups (broad SMARTS) is 1. The van der Waals surface area contributed by atoms with Gasteiger partial charge in [-0.25, -0.2) is 4.79 Å². The summed E-state index contributed by atoms with van der Waals surface area (Å²) in [4.78, 5) is 10.4. The molecule has 0 amide bonds. The van der Waals surface area contributed by atoms with Gasteiger partial charge in [-0.1, -0.05) is 31.4 Å². The van der Waals surface area contributed by atoms with Gasteiger partial charge >= 0.3 is 5.97 Å². The van der Waals surface area contributed by atoms with Gasteiger partial charge in [0.25, 0.3) is 0 Å². The molecular weight excluding hydrogens is 284 g/mol. The minimum absolute atomic E-state index is 0.483. The molecule has 3 N–H and O–H groups in total. The minimum Gasteiger partial charge on any atom is -0.478 e. The summed E-state index contributed by atoms with van der Waals surface area (Å²) < 4.78 is 0. The maximum absolute atomic E-state index is 10.4. The van der Waals surface area contributed by atoms with E-state index in [4.69, 9.17) is 17.3 Å². The molecule has 0 spiro atoms. The first-order chi connectivity index (χ1) is 10.1. The number of carboxylic acids is 1. The van der Waals surface area contributed by atoms with Crippen molar-refractivity contribution in [1.82, 2.24) is 5.32 Å². The summed E-state index contributed by atoms with van der Waals surface area (Å²) in [5.41, 5.74) is 1.74. The molecule has 1 aromatic rings. The molecule has 0 aliphatic heterocycles. The molecule has 1 saturated carbocycles. The summed E-state index contributed by atoms with van der Waals surface area (Å²) in [7, 11) is 0. The Morgan fingerprint density at radius 3 is 2.48 bits per heavy atom. The summed E-state index contributed by atoms with van der Waals surface area (Å²) >= 11 is 5.32. The number of rotatable bonds is 4. The largest absolute Gasteiger partial charge is 0.478 e. The van der Waals surface area contributed by atoms with E-state index in [1.807, 2.05) is 24.3 Å². The van der Waals surface area contributed by atoms with Gasteiger partial charge in [0.2, 0.25) is 0 Å². The maximum atomic E-state index is 10.4. The highest BCUT2D eigenvalue weighted by Gasteiger charge is 2.13. The Morgan fingerprint density at radius 1 is 1.19 bits per heavy atom. The molecule has 0 aromatic heterocycles. The van der Waals surface area contributed by atoms with Crippen LogP contribution in [0.2, 0.25) is 0 Å². The van der Waals surface area contributed by atoms with Crippen molar-refractivity contribution in [3.05, 3.63) is 35.9 Å². The minimum atomic E-state index is -0.949. The van der Waals surface area contributed by atoms with Gasteiger partial charge in [0.15, 0.2) is 5.11 Å². The second kappa shape index (κ2) is 7.78. The highest BCUT2D eigenvalue weighted by molar-refractivity contribution is 7.80. The van der Waals surface area contributed by atoms with Crippen LogP contribution in [0.25, 0.3) is 6.08 Å². The molecule has 4 nitrogen and oxygen atoms in total. The van der Waals surface area contributed by atoms with Crippen molar-refractivity contribution in [2.45, 2.75) is 38.1 Å². The number of hydrogen-bond donors (Lipinski definition) is 3. The van der Waals surface area contributed by atoms with Gasteiger partial charge in [-0.3, -0.25) is 0 Å². The van der Waals surface area contributed by atoms with E-state index in [0.717, 1.165) is 17.3 Å². The molecule has 112 valence electrons. The van der Waals surface area contributed by atoms with Crippen molar-refractivity contribution in [3.8, 4) is 0 Å². The number of carbonyl (C=O) groups is 1. The first-order valence-electron chi connectivity index (χ1n) is 7.22. The number of aliphatic carboxylic acids is 1. The lowest BCUT2D eigenvalue weighted by molar-refractivity contribution is -0.131. The van der Waals surface area contributed by atoms with Gasteiger partial charge in [0.05, 0.1) is 0 Å². The fourth-order valence-corrected chi connectivity index (χ4v) is 2.73. The summed E-state index contributed by atoms with van der Waals surface area (Å²) in [6.45, 7) is 0. The molecule has 21 heavy (non-hydrogen) atoms. The van der Waals surface area contributed by atoms with Crippen molar-refractivity contribution >= 4 is 35.1 Å². The summed E-state index contributed by atoms with van der Waals surface area (Å²) in [5.74, 6) is -0.949. The van der Waals surface area contributed by atoms with Crippen molar-refractivity contribution in [2.24, 2.45) is 0 Å². The monoisotopic (exact) mass is 304 g/mol. The molecule has 1 aliphatic rings. The van der Waals surface area contributed by atoms with E-state index in [1.165, 1.54) is 32.1 Å². The third-order valence-electron chi connectivity index (χ3n) is 3.53. The average molecular weight is 304 g/mol. The maximum Gasteiger partial charge on any atom is 0.328 e. The molecule has 0 unspecified atom stereocenters. The molecule has 0 heterocycles. The second-order valence-electron chi connectivity index (χ2n) is 5.23. The zero-order valence-electron chi connectivity index (χ0n) is 11.8. The molecule has 0 radical (unpaired) electrons. The number of nitrogens with one attached hydrogen (secondary N) is 2. The van der Waals surface area contributed by atoms with Crippen molar-refractivity contribution < 1.29 is 9.90 Å². The summed E-state index contributed by atoms with van der Waals surface area (Å²) in [6, 6.07) is 7.96. The van der Waals surface area contributed by atoms with Crippen LogP contribution in [0.4, 0.5) is 5.69 Å². The van der Waals surface area contributed by atoms with Crippen LogP contribution in [-0.2, 0) is 4.79 Å². The topological polar surface area (TPSA) is 61.4 Å². The van der Waals surface area contributed by atoms with Gasteiger partial charge in [0, 0.05) is 17.8 Å². The fourth-order valence-electron chi connectivity index (χ4n) is 2.44. The van der Waals surface area contributed by atoms with Gasteiger partial charge in [-0.2, -0.15) is 0 Å². The zero-order valence-corrected chi connectivity index (χ0v) is 12.7. The zero-order chi connectivity index (χ0) is 15.1. The van der Waals surface area contributed by atoms with Crippen molar-refractivity contribution in [2.75, 3.05) is 5.32 Å². The molecule has 1 fully saturated rings. The first kappa shape index (κ1) is 15.5. The summed E-state index contributed by atoms with van der Waals surface area (Å²) in [6.07, 6.45) is 8.91. The molecule has 1 aromatic carbocycles. The quantitative estimate of drug-likeness (QED) is 0.588. The Hall–Kier alpha value is -1.88. The highest BCUT2D eigenvalue weighted by Crippen LogP contribution is 2.17. The fraction of sp³-hybridized carbons (Fsp3) is 0.375. The molecule has 0 bridgehead atoms. The van der Waals surface area contributed by atoms with E-state index in [9.17, 15) is 4.79 Å². The predicted molar refractivity (Wildman–Crippen MR) is 89.3 cm³/mol. The SMILES string of the molecule is O=C(O)/C=C/c1ccc(NC(=S)NC2CCCCC2)cc1. The van der Waals surface area contributed by atoms with Crippen LogP contribution in [0.1, 0.15) is 37.7 Å². The Kier molecular flexibility index (Phi) is 5.75. The Bertz CT molecular complexity index is 520. The Balaban J connectivity index is 1.84. The van der Waals surface area contributed by atoms with Crippen LogP contribution in [0, 0.1) is 0 Å². The third-order valence-corrected chi connectivity index (χ3v) is 3.75. The van der Waals surface area contributed by atoms with Crippen LogP contribution in [0.5, 0.6) is 0 Å². The normalized spacial score (nSPS) is 15.8. The van der Waals surface area contributed by atoms with E-state index in [-0.39, 0.29) is 0 Å². The number of hydrogen-bond acceptors (Lipinski definition) is 2. The van der Waals surface area contributed by atoms with Crippen LogP contribution in [-0.4, -0.2) is 22.2 Å². The first-order valence-corrected chi connectivity index (χ1v) is 7.63. The van der Waals surface area contributed by atoms with Gasteiger partial charge in [0.1, 0.15) is 0 Å². The number of benzene rings is 1. The molecule has 5 heteroatoms. The average Bonchev–Trinajstić information content (AvgIpc) is 2.47. The second-order valence-corrected chi connectivity index (χ2v) is 5.64. The Labute approximate surface area is 130 Å². The standard InChI is InChI=1S/C16H20N2O2S/c19-15(20)11-8-12-6-9-14(10-7-12)18-16(21)17-13-4-2-1-3-5-13/h6-11,13H,1-5H2,(H,19,20)(H2,17,18,21)/b11-8+. The van der Waals surface area contributed by atoms with E-state index >= 15 is 0 Å². The van der Waals surface area contributed by atoms with E-state index in [0.29, 0.717) is 11.2 Å². The smallest absolute Gasteiger partial charge is 0.328 e. The lowest BCUT2D eigenvalue weighted by Crippen LogP contribution is -2.38. The van der Waals surface area contributed by atoms with Crippen molar-refractivity contribution in [1.29, 1.82) is 0 Å². The molecule has 0 saturated heterocycles. The third kappa shape index (κ3) is 5.55. The molecule has 1 aliphatic carbocycles. The van der Waals surface area contributed by atoms with E-state index in [2.05, 4.69) is 10.6 Å². The number of thiocarbonyl (C=S) groups is 1. The van der Waals surface area contributed by atoms with E-state index in [1.54, 1.807) is 6.08 Å². The van der Waals surface area contributed by atoms with Crippen LogP contribution < -0.4 is 10.6 Å². The lowest BCUT2D eigenvalue weighted by atomic mass is 9.96. The van der Waals surface area contributed by atoms with E-state index < -0.39 is 5.97 Å².